The number of carbonyl (C=O) groups is 2. The summed E-state index contributed by atoms with van der Waals surface area (Å²) in [6.45, 7) is 4.01. The van der Waals surface area contributed by atoms with E-state index >= 15 is 0 Å². The largest absolute Gasteiger partial charge is 0.462 e. The molecule has 0 aromatic carbocycles. The Labute approximate surface area is 396 Å². The van der Waals surface area contributed by atoms with Gasteiger partial charge in [0.2, 0.25) is 0 Å². The van der Waals surface area contributed by atoms with Gasteiger partial charge in [-0.05, 0) is 77.0 Å². The predicted octanol–water partition coefficient (Wildman–Crippen LogP) is 18.0. The molecule has 0 aliphatic rings. The van der Waals surface area contributed by atoms with Crippen molar-refractivity contribution in [2.24, 2.45) is 0 Å². The van der Waals surface area contributed by atoms with E-state index in [1.54, 1.807) is 0 Å². The van der Waals surface area contributed by atoms with Crippen LogP contribution in [-0.2, 0) is 19.1 Å². The molecule has 0 aliphatic carbocycles. The number of allylic oxidation sites excluding steroid dienone is 16. The van der Waals surface area contributed by atoms with Crippen molar-refractivity contribution in [2.75, 3.05) is 13.2 Å². The Balaban J connectivity index is 3.61. The third-order valence-corrected chi connectivity index (χ3v) is 11.4. The van der Waals surface area contributed by atoms with E-state index in [9.17, 15) is 14.7 Å². The SMILES string of the molecule is CC/C=C\C/C=C\C/C=C\C/C=C\C/C=C\C/C=C\C/C=C\C/C=C\CCCCC(=O)OC(CO)COC(=O)CCCCCCCCCCCCCCCCCCCCCCCCC. The molecule has 0 amide bonds. The van der Waals surface area contributed by atoms with Crippen LogP contribution < -0.4 is 0 Å². The van der Waals surface area contributed by atoms with Gasteiger partial charge in [0.05, 0.1) is 6.61 Å². The fraction of sp³-hybridized carbons (Fsp3) is 0.695. The zero-order chi connectivity index (χ0) is 46.3. The van der Waals surface area contributed by atoms with Gasteiger partial charge in [0, 0.05) is 12.8 Å². The van der Waals surface area contributed by atoms with Crippen LogP contribution in [0.25, 0.3) is 0 Å². The summed E-state index contributed by atoms with van der Waals surface area (Å²) < 4.78 is 10.7. The Bertz CT molecular complexity index is 1230. The lowest BCUT2D eigenvalue weighted by molar-refractivity contribution is -0.161. The Morgan fingerprint density at radius 1 is 0.375 bits per heavy atom. The summed E-state index contributed by atoms with van der Waals surface area (Å²) in [5, 5.41) is 9.63. The minimum Gasteiger partial charge on any atom is -0.462 e. The van der Waals surface area contributed by atoms with E-state index in [1.807, 2.05) is 0 Å². The number of carbonyl (C=O) groups excluding carboxylic acids is 2. The Morgan fingerprint density at radius 2 is 0.672 bits per heavy atom. The van der Waals surface area contributed by atoms with Gasteiger partial charge in [-0.15, -0.1) is 0 Å². The van der Waals surface area contributed by atoms with Gasteiger partial charge >= 0.3 is 11.9 Å². The highest BCUT2D eigenvalue weighted by Crippen LogP contribution is 2.16. The Hall–Kier alpha value is -3.18. The van der Waals surface area contributed by atoms with E-state index in [-0.39, 0.29) is 25.2 Å². The molecule has 1 atom stereocenters. The van der Waals surface area contributed by atoms with Gasteiger partial charge in [0.25, 0.3) is 0 Å². The first kappa shape index (κ1) is 60.8. The maximum Gasteiger partial charge on any atom is 0.306 e. The number of unbranched alkanes of at least 4 members (excludes halogenated alkanes) is 24. The van der Waals surface area contributed by atoms with Crippen molar-refractivity contribution in [3.8, 4) is 0 Å². The third kappa shape index (κ3) is 51.5. The van der Waals surface area contributed by atoms with Crippen LogP contribution in [0.2, 0.25) is 0 Å². The standard InChI is InChI=1S/C59H100O5/c1-3-5-7-9-11-13-15-17-19-21-23-25-27-28-29-30-32-34-36-38-40-42-44-46-48-50-52-54-59(62)64-57(55-60)56-63-58(61)53-51-49-47-45-43-41-39-37-35-33-31-26-24-22-20-18-16-14-12-10-8-6-4-2/h5,7,11,13,17,19,23,25,28-29,32,34,38,40,44,46,57,60H,3-4,6,8-10,12,14-16,18,20-22,24,26-27,30-31,33,35-37,39,41-43,45,47-56H2,1-2H3/b7-5-,13-11-,19-17-,25-23-,29-28-,34-32-,40-38-,46-44-. The van der Waals surface area contributed by atoms with Crippen molar-refractivity contribution in [2.45, 2.75) is 251 Å². The van der Waals surface area contributed by atoms with Crippen LogP contribution in [0, 0.1) is 0 Å². The van der Waals surface area contributed by atoms with Gasteiger partial charge < -0.3 is 14.6 Å². The van der Waals surface area contributed by atoms with E-state index in [4.69, 9.17) is 9.47 Å². The van der Waals surface area contributed by atoms with Crippen LogP contribution in [0.1, 0.15) is 245 Å². The smallest absolute Gasteiger partial charge is 0.306 e. The molecule has 0 rings (SSSR count). The molecular formula is C59H100O5. The van der Waals surface area contributed by atoms with E-state index in [2.05, 4.69) is 111 Å². The molecule has 0 fully saturated rings. The van der Waals surface area contributed by atoms with Gasteiger partial charge in [0.15, 0.2) is 6.10 Å². The van der Waals surface area contributed by atoms with E-state index in [1.165, 1.54) is 128 Å². The zero-order valence-electron chi connectivity index (χ0n) is 41.8. The average Bonchev–Trinajstić information content (AvgIpc) is 3.30. The van der Waals surface area contributed by atoms with Gasteiger partial charge in [-0.2, -0.15) is 0 Å². The van der Waals surface area contributed by atoms with Crippen molar-refractivity contribution in [3.05, 3.63) is 97.2 Å². The second kappa shape index (κ2) is 54.2. The highest BCUT2D eigenvalue weighted by molar-refractivity contribution is 5.70. The molecule has 64 heavy (non-hydrogen) atoms. The number of ether oxygens (including phenoxy) is 2. The summed E-state index contributed by atoms with van der Waals surface area (Å²) in [7, 11) is 0. The van der Waals surface area contributed by atoms with Crippen molar-refractivity contribution < 1.29 is 24.2 Å². The first-order valence-electron chi connectivity index (χ1n) is 26.8. The molecule has 0 bridgehead atoms. The quantitative estimate of drug-likeness (QED) is 0.0374. The number of hydrogen-bond donors (Lipinski definition) is 1. The van der Waals surface area contributed by atoms with Gasteiger partial charge in [-0.3, -0.25) is 9.59 Å². The number of rotatable bonds is 48. The minimum absolute atomic E-state index is 0.0865. The molecule has 1 N–H and O–H groups in total. The van der Waals surface area contributed by atoms with Gasteiger partial charge in [-0.25, -0.2) is 0 Å². The molecule has 5 nitrogen and oxygen atoms in total. The molecule has 0 spiro atoms. The average molecular weight is 889 g/mol. The van der Waals surface area contributed by atoms with Crippen LogP contribution in [0.3, 0.4) is 0 Å². The van der Waals surface area contributed by atoms with Gasteiger partial charge in [0.1, 0.15) is 6.61 Å². The molecule has 0 aromatic heterocycles. The number of hydrogen-bond acceptors (Lipinski definition) is 5. The Kier molecular flexibility index (Phi) is 51.5. The molecule has 5 heteroatoms. The highest BCUT2D eigenvalue weighted by Gasteiger charge is 2.16. The van der Waals surface area contributed by atoms with Crippen LogP contribution in [0.4, 0.5) is 0 Å². The van der Waals surface area contributed by atoms with E-state index in [0.717, 1.165) is 89.9 Å². The molecule has 0 saturated carbocycles. The van der Waals surface area contributed by atoms with Crippen molar-refractivity contribution in [1.82, 2.24) is 0 Å². The molecule has 1 unspecified atom stereocenters. The third-order valence-electron chi connectivity index (χ3n) is 11.4. The zero-order valence-corrected chi connectivity index (χ0v) is 41.8. The minimum atomic E-state index is -0.801. The van der Waals surface area contributed by atoms with E-state index in [0.29, 0.717) is 12.8 Å². The topological polar surface area (TPSA) is 72.8 Å². The fourth-order valence-corrected chi connectivity index (χ4v) is 7.39. The maximum atomic E-state index is 12.3. The summed E-state index contributed by atoms with van der Waals surface area (Å²) in [6, 6.07) is 0. The summed E-state index contributed by atoms with van der Waals surface area (Å²) in [5.74, 6) is -0.639. The fourth-order valence-electron chi connectivity index (χ4n) is 7.39. The van der Waals surface area contributed by atoms with E-state index < -0.39 is 6.10 Å². The van der Waals surface area contributed by atoms with Crippen LogP contribution >= 0.6 is 0 Å². The second-order valence-electron chi connectivity index (χ2n) is 17.6. The van der Waals surface area contributed by atoms with Crippen molar-refractivity contribution in [3.63, 3.8) is 0 Å². The molecule has 0 heterocycles. The lowest BCUT2D eigenvalue weighted by atomic mass is 10.0. The normalized spacial score (nSPS) is 13.0. The summed E-state index contributed by atoms with van der Waals surface area (Å²) in [4.78, 5) is 24.5. The van der Waals surface area contributed by atoms with Crippen molar-refractivity contribution >= 4 is 11.9 Å². The number of aliphatic hydroxyl groups excluding tert-OH is 1. The molecule has 0 aliphatic heterocycles. The summed E-state index contributed by atoms with van der Waals surface area (Å²) in [5.41, 5.74) is 0. The summed E-state index contributed by atoms with van der Waals surface area (Å²) in [6.07, 6.45) is 76.5. The molecule has 366 valence electrons. The monoisotopic (exact) mass is 889 g/mol. The van der Waals surface area contributed by atoms with Crippen LogP contribution in [0.5, 0.6) is 0 Å². The molecular weight excluding hydrogens is 789 g/mol. The lowest BCUT2D eigenvalue weighted by Gasteiger charge is -2.15. The highest BCUT2D eigenvalue weighted by atomic mass is 16.6. The second-order valence-corrected chi connectivity index (χ2v) is 17.6. The molecule has 0 saturated heterocycles. The first-order valence-corrected chi connectivity index (χ1v) is 26.8. The number of esters is 2. The molecule has 0 aromatic rings. The Morgan fingerprint density at radius 3 is 1.02 bits per heavy atom. The van der Waals surface area contributed by atoms with Crippen molar-refractivity contribution in [1.29, 1.82) is 0 Å². The number of aliphatic hydroxyl groups is 1. The predicted molar refractivity (Wildman–Crippen MR) is 279 cm³/mol. The molecule has 0 radical (unpaired) electrons. The van der Waals surface area contributed by atoms with Gasteiger partial charge in [-0.1, -0.05) is 252 Å². The first-order chi connectivity index (χ1) is 31.6. The van der Waals surface area contributed by atoms with Crippen LogP contribution in [-0.4, -0.2) is 36.4 Å². The lowest BCUT2D eigenvalue weighted by Crippen LogP contribution is -2.28. The summed E-state index contributed by atoms with van der Waals surface area (Å²) >= 11 is 0. The van der Waals surface area contributed by atoms with Crippen LogP contribution in [0.15, 0.2) is 97.2 Å². The maximum absolute atomic E-state index is 12.3.